The van der Waals surface area contributed by atoms with Crippen molar-refractivity contribution in [3.05, 3.63) is 0 Å². The third-order valence-corrected chi connectivity index (χ3v) is 0.962. The molecule has 0 fully saturated rings. The first-order valence-electron chi connectivity index (χ1n) is 2.70. The maximum atomic E-state index is 9.86. The number of aliphatic carboxylic acids is 2. The summed E-state index contributed by atoms with van der Waals surface area (Å²) in [6.45, 7) is 0. The minimum Gasteiger partial charge on any atom is -0.550 e. The molecule has 5 nitrogen and oxygen atoms in total. The molecule has 0 aliphatic rings. The molecule has 0 rings (SSSR count). The molecule has 2 radical (unpaired) electrons. The summed E-state index contributed by atoms with van der Waals surface area (Å²) in [6, 6.07) is -1.21. The maximum absolute atomic E-state index is 9.86. The summed E-state index contributed by atoms with van der Waals surface area (Å²) in [7, 11) is 0. The number of carboxylic acids is 2. The van der Waals surface area contributed by atoms with Crippen LogP contribution in [0.4, 0.5) is 0 Å². The van der Waals surface area contributed by atoms with Gasteiger partial charge in [-0.2, -0.15) is 0 Å². The molecular weight excluding hydrogens is 265 g/mol. The van der Waals surface area contributed by atoms with Crippen LogP contribution >= 0.6 is 0 Å². The second-order valence-corrected chi connectivity index (χ2v) is 1.84. The van der Waals surface area contributed by atoms with Gasteiger partial charge in [0, 0.05) is 29.1 Å². The molecule has 0 aliphatic carbocycles. The predicted molar refractivity (Wildman–Crippen MR) is 27.2 cm³/mol. The average Bonchev–Trinajstić information content (AvgIpc) is 1.82. The zero-order valence-electron chi connectivity index (χ0n) is 5.80. The molecule has 0 spiro atoms. The zero-order chi connectivity index (χ0) is 8.15. The smallest absolute Gasteiger partial charge is 0.550 e. The summed E-state index contributed by atoms with van der Waals surface area (Å²) < 4.78 is 0. The molecule has 0 heterocycles. The molecule has 12 heavy (non-hydrogen) atoms. The van der Waals surface area contributed by atoms with Crippen molar-refractivity contribution in [3.63, 3.8) is 0 Å². The van der Waals surface area contributed by atoms with Crippen LogP contribution in [-0.2, 0) is 43.7 Å². The molecule has 7 heteroatoms. The molecule has 0 bridgehead atoms. The van der Waals surface area contributed by atoms with Crippen molar-refractivity contribution in [1.82, 2.24) is 0 Å². The molecule has 0 unspecified atom stereocenters. The van der Waals surface area contributed by atoms with E-state index in [1.54, 1.807) is 0 Å². The van der Waals surface area contributed by atoms with Gasteiger partial charge < -0.3 is 25.5 Å². The van der Waals surface area contributed by atoms with Gasteiger partial charge in [0.2, 0.25) is 0 Å². The SMILES string of the molecule is N[C@@H](CCC(=O)[O-])C(=O)[O-].[Cu+2].[Cu]. The second-order valence-electron chi connectivity index (χ2n) is 1.84. The molecule has 0 amide bonds. The largest absolute Gasteiger partial charge is 2.00 e. The van der Waals surface area contributed by atoms with E-state index in [9.17, 15) is 19.8 Å². The summed E-state index contributed by atoms with van der Waals surface area (Å²) in [5.41, 5.74) is 4.91. The van der Waals surface area contributed by atoms with E-state index in [0.717, 1.165) is 0 Å². The molecular formula is C5H7Cu2NO4. The number of rotatable bonds is 4. The molecule has 0 saturated heterocycles. The van der Waals surface area contributed by atoms with E-state index in [-0.39, 0.29) is 47.0 Å². The minimum absolute atomic E-state index is 0. The third-order valence-electron chi connectivity index (χ3n) is 0.962. The Morgan fingerprint density at radius 2 is 1.75 bits per heavy atom. The van der Waals surface area contributed by atoms with Gasteiger partial charge in [-0.3, -0.25) is 0 Å². The van der Waals surface area contributed by atoms with Gasteiger partial charge in [0.15, 0.2) is 0 Å². The van der Waals surface area contributed by atoms with E-state index < -0.39 is 18.0 Å². The van der Waals surface area contributed by atoms with Crippen LogP contribution in [0, 0.1) is 0 Å². The Morgan fingerprint density at radius 3 is 2.00 bits per heavy atom. The van der Waals surface area contributed by atoms with Gasteiger partial charge in [-0.1, -0.05) is 0 Å². The normalized spacial score (nSPS) is 10.4. The van der Waals surface area contributed by atoms with Crippen LogP contribution in [-0.4, -0.2) is 18.0 Å². The molecule has 0 aliphatic heterocycles. The molecule has 0 saturated carbocycles. The van der Waals surface area contributed by atoms with Crippen LogP contribution in [0.3, 0.4) is 0 Å². The van der Waals surface area contributed by atoms with Gasteiger partial charge in [-0.25, -0.2) is 0 Å². The first kappa shape index (κ1) is 17.9. The average molecular weight is 272 g/mol. The minimum atomic E-state index is -1.44. The standard InChI is InChI=1S/C5H9NO4.2Cu/c6-3(5(9)10)1-2-4(7)8;;/h3H,1-2,6H2,(H,7,8)(H,9,10);;/q;;+2/p-2/t3-;;/m0../s1. The number of nitrogens with two attached hydrogens (primary N) is 1. The Kier molecular flexibility index (Phi) is 13.5. The number of hydrogen-bond donors (Lipinski definition) is 1. The first-order valence-corrected chi connectivity index (χ1v) is 2.70. The van der Waals surface area contributed by atoms with Crippen molar-refractivity contribution in [2.24, 2.45) is 5.73 Å². The Balaban J connectivity index is -0.000000405. The van der Waals surface area contributed by atoms with E-state index >= 15 is 0 Å². The summed E-state index contributed by atoms with van der Waals surface area (Å²) >= 11 is 0. The van der Waals surface area contributed by atoms with Crippen LogP contribution in [0.15, 0.2) is 0 Å². The Hall–Kier alpha value is -0.0610. The number of hydrogen-bond acceptors (Lipinski definition) is 5. The van der Waals surface area contributed by atoms with Gasteiger partial charge in [-0.05, 0) is 12.8 Å². The van der Waals surface area contributed by atoms with Crippen LogP contribution < -0.4 is 15.9 Å². The molecule has 0 aromatic heterocycles. The third kappa shape index (κ3) is 9.94. The van der Waals surface area contributed by atoms with E-state index in [1.807, 2.05) is 0 Å². The monoisotopic (exact) mass is 271 g/mol. The van der Waals surface area contributed by atoms with Crippen molar-refractivity contribution in [1.29, 1.82) is 0 Å². The van der Waals surface area contributed by atoms with Gasteiger partial charge in [0.25, 0.3) is 0 Å². The summed E-state index contributed by atoms with van der Waals surface area (Å²) in [5, 5.41) is 19.6. The van der Waals surface area contributed by atoms with Gasteiger partial charge in [0.05, 0.1) is 5.97 Å². The fraction of sp³-hybridized carbons (Fsp3) is 0.600. The summed E-state index contributed by atoms with van der Waals surface area (Å²) in [5.74, 6) is -2.75. The fourth-order valence-electron chi connectivity index (χ4n) is 0.391. The Labute approximate surface area is 90.6 Å². The fourth-order valence-corrected chi connectivity index (χ4v) is 0.391. The number of carboxylic acid groups (broad SMARTS) is 2. The Bertz CT molecular complexity index is 152. The first-order chi connectivity index (χ1) is 4.54. The van der Waals surface area contributed by atoms with Gasteiger partial charge in [0.1, 0.15) is 0 Å². The van der Waals surface area contributed by atoms with Crippen molar-refractivity contribution >= 4 is 11.9 Å². The van der Waals surface area contributed by atoms with Crippen LogP contribution in [0.5, 0.6) is 0 Å². The van der Waals surface area contributed by atoms with Crippen molar-refractivity contribution in [2.75, 3.05) is 0 Å². The quantitative estimate of drug-likeness (QED) is 0.537. The summed E-state index contributed by atoms with van der Waals surface area (Å²) in [6.07, 6.45) is -0.500. The predicted octanol–water partition coefficient (Wildman–Crippen LogP) is -3.41. The van der Waals surface area contributed by atoms with Crippen LogP contribution in [0.25, 0.3) is 0 Å². The van der Waals surface area contributed by atoms with E-state index in [4.69, 9.17) is 5.73 Å². The second kappa shape index (κ2) is 9.03. The van der Waals surface area contributed by atoms with Crippen molar-refractivity contribution in [2.45, 2.75) is 18.9 Å². The number of carbonyl (C=O) groups excluding carboxylic acids is 2. The number of carbonyl (C=O) groups is 2. The molecule has 1 atom stereocenters. The van der Waals surface area contributed by atoms with E-state index in [0.29, 0.717) is 0 Å². The van der Waals surface area contributed by atoms with Crippen molar-refractivity contribution in [3.8, 4) is 0 Å². The molecule has 0 aromatic rings. The van der Waals surface area contributed by atoms with E-state index in [2.05, 4.69) is 0 Å². The zero-order valence-corrected chi connectivity index (χ0v) is 7.69. The van der Waals surface area contributed by atoms with E-state index in [1.165, 1.54) is 0 Å². The topological polar surface area (TPSA) is 106 Å². The maximum Gasteiger partial charge on any atom is 2.00 e. The van der Waals surface area contributed by atoms with Crippen LogP contribution in [0.2, 0.25) is 0 Å². The van der Waals surface area contributed by atoms with Crippen LogP contribution in [0.1, 0.15) is 12.8 Å². The summed E-state index contributed by atoms with van der Waals surface area (Å²) in [4.78, 5) is 19.6. The molecule has 78 valence electrons. The van der Waals surface area contributed by atoms with Crippen molar-refractivity contribution < 1.29 is 53.9 Å². The van der Waals surface area contributed by atoms with Gasteiger partial charge in [-0.15, -0.1) is 0 Å². The Morgan fingerprint density at radius 1 is 1.33 bits per heavy atom. The molecule has 0 aromatic carbocycles. The van der Waals surface area contributed by atoms with Gasteiger partial charge >= 0.3 is 17.1 Å². The molecule has 2 N–H and O–H groups in total.